The predicted octanol–water partition coefficient (Wildman–Crippen LogP) is 1.35. The summed E-state index contributed by atoms with van der Waals surface area (Å²) in [6.45, 7) is -0.280. The van der Waals surface area contributed by atoms with Gasteiger partial charge in [0.15, 0.2) is 6.61 Å². The fourth-order valence-electron chi connectivity index (χ4n) is 1.40. The number of hydrogen-bond acceptors (Lipinski definition) is 5. The molecule has 1 amide bonds. The Bertz CT molecular complexity index is 515. The van der Waals surface area contributed by atoms with Crippen molar-refractivity contribution >= 4 is 18.0 Å². The molecule has 0 heterocycles. The number of ether oxygens (including phenoxy) is 3. The Morgan fingerprint density at radius 1 is 1.10 bits per heavy atom. The summed E-state index contributed by atoms with van der Waals surface area (Å²) in [5.41, 5.74) is 0.724. The van der Waals surface area contributed by atoms with Crippen LogP contribution in [0.25, 0.3) is 6.08 Å². The van der Waals surface area contributed by atoms with Crippen LogP contribution in [-0.4, -0.2) is 51.7 Å². The minimum Gasteiger partial charge on any atom is -0.497 e. The molecule has 1 aromatic carbocycles. The number of esters is 1. The second-order valence-electron chi connectivity index (χ2n) is 4.38. The number of likely N-dealkylation sites (N-methyl/N-ethyl adjacent to an activating group) is 1. The summed E-state index contributed by atoms with van der Waals surface area (Å²) >= 11 is 0. The first kappa shape index (κ1) is 16.6. The lowest BCUT2D eigenvalue weighted by Gasteiger charge is -2.09. The Morgan fingerprint density at radius 2 is 1.67 bits per heavy atom. The number of hydrogen-bond donors (Lipinski definition) is 0. The van der Waals surface area contributed by atoms with E-state index in [9.17, 15) is 9.59 Å². The second-order valence-corrected chi connectivity index (χ2v) is 4.38. The third-order valence-corrected chi connectivity index (χ3v) is 2.62. The smallest absolute Gasteiger partial charge is 0.331 e. The molecule has 6 heteroatoms. The molecule has 0 aromatic heterocycles. The van der Waals surface area contributed by atoms with Gasteiger partial charge in [-0.1, -0.05) is 0 Å². The molecule has 21 heavy (non-hydrogen) atoms. The summed E-state index contributed by atoms with van der Waals surface area (Å²) < 4.78 is 15.1. The molecule has 0 spiro atoms. The summed E-state index contributed by atoms with van der Waals surface area (Å²) in [4.78, 5) is 24.1. The molecule has 0 fully saturated rings. The molecule has 1 rings (SSSR count). The number of nitrogens with zero attached hydrogens (tertiary/aromatic N) is 1. The Hall–Kier alpha value is -2.50. The fourth-order valence-corrected chi connectivity index (χ4v) is 1.40. The first-order chi connectivity index (χ1) is 9.96. The normalized spacial score (nSPS) is 10.3. The van der Waals surface area contributed by atoms with E-state index < -0.39 is 5.97 Å². The summed E-state index contributed by atoms with van der Waals surface area (Å²) in [5, 5.41) is 0. The average Bonchev–Trinajstić information content (AvgIpc) is 2.49. The van der Waals surface area contributed by atoms with Gasteiger partial charge in [-0.25, -0.2) is 4.79 Å². The van der Waals surface area contributed by atoms with Crippen molar-refractivity contribution in [1.29, 1.82) is 0 Å². The maximum absolute atomic E-state index is 11.5. The highest BCUT2D eigenvalue weighted by molar-refractivity contribution is 5.89. The van der Waals surface area contributed by atoms with E-state index >= 15 is 0 Å². The van der Waals surface area contributed by atoms with Gasteiger partial charge in [0.1, 0.15) is 11.5 Å². The van der Waals surface area contributed by atoms with E-state index in [0.717, 1.165) is 5.56 Å². The van der Waals surface area contributed by atoms with Crippen LogP contribution >= 0.6 is 0 Å². The summed E-state index contributed by atoms with van der Waals surface area (Å²) in [6.07, 6.45) is 2.81. The molecule has 0 unspecified atom stereocenters. The van der Waals surface area contributed by atoms with Crippen molar-refractivity contribution in [1.82, 2.24) is 4.90 Å². The monoisotopic (exact) mass is 293 g/mol. The molecular formula is C15H19NO5. The number of benzene rings is 1. The molecule has 0 atom stereocenters. The van der Waals surface area contributed by atoms with Gasteiger partial charge < -0.3 is 19.1 Å². The predicted molar refractivity (Wildman–Crippen MR) is 78.2 cm³/mol. The molecule has 0 saturated heterocycles. The molecule has 0 aliphatic rings. The van der Waals surface area contributed by atoms with Crippen molar-refractivity contribution in [3.63, 3.8) is 0 Å². The van der Waals surface area contributed by atoms with Crippen LogP contribution in [0, 0.1) is 0 Å². The average molecular weight is 293 g/mol. The Labute approximate surface area is 123 Å². The van der Waals surface area contributed by atoms with Gasteiger partial charge in [0.05, 0.1) is 14.2 Å². The van der Waals surface area contributed by atoms with Crippen molar-refractivity contribution in [2.45, 2.75) is 0 Å². The molecule has 0 radical (unpaired) electrons. The van der Waals surface area contributed by atoms with Crippen molar-refractivity contribution in [3.8, 4) is 11.5 Å². The first-order valence-electron chi connectivity index (χ1n) is 6.24. The van der Waals surface area contributed by atoms with Crippen molar-refractivity contribution in [2.75, 3.05) is 34.9 Å². The van der Waals surface area contributed by atoms with Crippen LogP contribution in [-0.2, 0) is 14.3 Å². The molecule has 0 aliphatic heterocycles. The van der Waals surface area contributed by atoms with Gasteiger partial charge in [0, 0.05) is 26.2 Å². The van der Waals surface area contributed by atoms with Crippen LogP contribution in [0.4, 0.5) is 0 Å². The topological polar surface area (TPSA) is 65.1 Å². The van der Waals surface area contributed by atoms with Gasteiger partial charge in [-0.2, -0.15) is 0 Å². The molecule has 114 valence electrons. The van der Waals surface area contributed by atoms with Gasteiger partial charge in [0.25, 0.3) is 5.91 Å². The Kier molecular flexibility index (Phi) is 6.26. The van der Waals surface area contributed by atoms with Gasteiger partial charge in [-0.05, 0) is 23.8 Å². The van der Waals surface area contributed by atoms with E-state index in [1.54, 1.807) is 52.6 Å². The highest BCUT2D eigenvalue weighted by atomic mass is 16.5. The highest BCUT2D eigenvalue weighted by Crippen LogP contribution is 2.23. The molecule has 1 aromatic rings. The first-order valence-corrected chi connectivity index (χ1v) is 6.24. The van der Waals surface area contributed by atoms with Crippen LogP contribution in [0.3, 0.4) is 0 Å². The van der Waals surface area contributed by atoms with Gasteiger partial charge in [0.2, 0.25) is 0 Å². The second kappa shape index (κ2) is 7.94. The SMILES string of the molecule is COc1cc(/C=C/C(=O)OCC(=O)N(C)C)cc(OC)c1. The largest absolute Gasteiger partial charge is 0.497 e. The molecule has 0 N–H and O–H groups in total. The lowest BCUT2D eigenvalue weighted by atomic mass is 10.2. The van der Waals surface area contributed by atoms with Crippen molar-refractivity contribution in [3.05, 3.63) is 29.8 Å². The highest BCUT2D eigenvalue weighted by Gasteiger charge is 2.06. The number of carbonyl (C=O) groups excluding carboxylic acids is 2. The third kappa shape index (κ3) is 5.56. The van der Waals surface area contributed by atoms with E-state index in [4.69, 9.17) is 14.2 Å². The quantitative estimate of drug-likeness (QED) is 0.585. The van der Waals surface area contributed by atoms with Crippen LogP contribution in [0.2, 0.25) is 0 Å². The van der Waals surface area contributed by atoms with E-state index in [1.165, 1.54) is 11.0 Å². The Balaban J connectivity index is 2.67. The van der Waals surface area contributed by atoms with Gasteiger partial charge in [-0.15, -0.1) is 0 Å². The summed E-state index contributed by atoms with van der Waals surface area (Å²) in [6, 6.07) is 5.22. The Morgan fingerprint density at radius 3 is 2.14 bits per heavy atom. The maximum atomic E-state index is 11.5. The van der Waals surface area contributed by atoms with Crippen molar-refractivity contribution < 1.29 is 23.8 Å². The van der Waals surface area contributed by atoms with Crippen molar-refractivity contribution in [2.24, 2.45) is 0 Å². The lowest BCUT2D eigenvalue weighted by Crippen LogP contribution is -2.27. The third-order valence-electron chi connectivity index (χ3n) is 2.62. The zero-order chi connectivity index (χ0) is 15.8. The van der Waals surface area contributed by atoms with E-state index in [2.05, 4.69) is 0 Å². The molecule has 0 bridgehead atoms. The fraction of sp³-hybridized carbons (Fsp3) is 0.333. The number of methoxy groups -OCH3 is 2. The van der Waals surface area contributed by atoms with E-state index in [-0.39, 0.29) is 12.5 Å². The van der Waals surface area contributed by atoms with E-state index in [0.29, 0.717) is 11.5 Å². The summed E-state index contributed by atoms with van der Waals surface area (Å²) in [5.74, 6) is 0.363. The minimum absolute atomic E-state index is 0.278. The molecular weight excluding hydrogens is 274 g/mol. The van der Waals surface area contributed by atoms with Gasteiger partial charge >= 0.3 is 5.97 Å². The molecule has 0 saturated carbocycles. The minimum atomic E-state index is -0.591. The lowest BCUT2D eigenvalue weighted by molar-refractivity contribution is -0.146. The zero-order valence-electron chi connectivity index (χ0n) is 12.6. The number of rotatable bonds is 6. The van der Waals surface area contributed by atoms with Crippen LogP contribution in [0.5, 0.6) is 11.5 Å². The van der Waals surface area contributed by atoms with Crippen LogP contribution in [0.1, 0.15) is 5.56 Å². The number of carbonyl (C=O) groups is 2. The molecule has 0 aliphatic carbocycles. The standard InChI is InChI=1S/C15H19NO5/c1-16(2)14(17)10-21-15(18)6-5-11-7-12(19-3)9-13(8-11)20-4/h5-9H,10H2,1-4H3/b6-5+. The number of amides is 1. The van der Waals surface area contributed by atoms with E-state index in [1.807, 2.05) is 0 Å². The molecule has 6 nitrogen and oxygen atoms in total. The van der Waals surface area contributed by atoms with Gasteiger partial charge in [-0.3, -0.25) is 4.79 Å². The maximum Gasteiger partial charge on any atom is 0.331 e. The zero-order valence-corrected chi connectivity index (χ0v) is 12.6. The van der Waals surface area contributed by atoms with Crippen LogP contribution in [0.15, 0.2) is 24.3 Å². The summed E-state index contributed by atoms with van der Waals surface area (Å²) in [7, 11) is 6.27. The van der Waals surface area contributed by atoms with Crippen LogP contribution < -0.4 is 9.47 Å².